The Labute approximate surface area is 147 Å². The van der Waals surface area contributed by atoms with Crippen molar-refractivity contribution in [3.05, 3.63) is 78.9 Å². The fourth-order valence-electron chi connectivity index (χ4n) is 3.22. The van der Waals surface area contributed by atoms with Gasteiger partial charge in [-0.1, -0.05) is 48.5 Å². The molecule has 124 valence electrons. The fourth-order valence-corrected chi connectivity index (χ4v) is 3.22. The van der Waals surface area contributed by atoms with Gasteiger partial charge < -0.3 is 14.6 Å². The van der Waals surface area contributed by atoms with Crippen LogP contribution in [0.4, 0.5) is 11.4 Å². The maximum Gasteiger partial charge on any atom is 0.119 e. The number of methoxy groups -OCH3 is 1. The van der Waals surface area contributed by atoms with Crippen LogP contribution in [0, 0.1) is 0 Å². The molecule has 4 aromatic rings. The maximum absolute atomic E-state index is 5.28. The zero-order valence-electron chi connectivity index (χ0n) is 14.4. The first-order chi connectivity index (χ1) is 12.3. The summed E-state index contributed by atoms with van der Waals surface area (Å²) in [5.74, 6) is 0.861. The highest BCUT2D eigenvalue weighted by atomic mass is 16.5. The van der Waals surface area contributed by atoms with Crippen LogP contribution in [0.1, 0.15) is 0 Å². The Balaban J connectivity index is 1.89. The van der Waals surface area contributed by atoms with Crippen molar-refractivity contribution >= 4 is 22.3 Å². The lowest BCUT2D eigenvalue weighted by Crippen LogP contribution is -2.10. The number of hydrogen-bond donors (Lipinski definition) is 1. The summed E-state index contributed by atoms with van der Waals surface area (Å²) in [4.78, 5) is 5.81. The third kappa shape index (κ3) is 2.74. The molecule has 3 aromatic carbocycles. The number of benzene rings is 3. The van der Waals surface area contributed by atoms with E-state index in [0.29, 0.717) is 0 Å². The van der Waals surface area contributed by atoms with Crippen molar-refractivity contribution in [2.24, 2.45) is 0 Å². The van der Waals surface area contributed by atoms with Gasteiger partial charge in [-0.05, 0) is 30.3 Å². The molecule has 0 amide bonds. The van der Waals surface area contributed by atoms with E-state index in [4.69, 9.17) is 4.74 Å². The average molecular weight is 328 g/mol. The second-order valence-corrected chi connectivity index (χ2v) is 6.02. The zero-order chi connectivity index (χ0) is 17.2. The number of nitrogens with zero attached hydrogens (tertiary/aromatic N) is 1. The lowest BCUT2D eigenvalue weighted by Gasteiger charge is -2.21. The van der Waals surface area contributed by atoms with E-state index < -0.39 is 0 Å². The number of anilines is 2. The van der Waals surface area contributed by atoms with Crippen molar-refractivity contribution in [2.45, 2.75) is 0 Å². The van der Waals surface area contributed by atoms with E-state index in [9.17, 15) is 0 Å². The second-order valence-electron chi connectivity index (χ2n) is 6.02. The second kappa shape index (κ2) is 6.36. The summed E-state index contributed by atoms with van der Waals surface area (Å²) in [7, 11) is 3.79. The highest BCUT2D eigenvalue weighted by molar-refractivity contribution is 6.03. The van der Waals surface area contributed by atoms with Gasteiger partial charge in [-0.15, -0.1) is 0 Å². The van der Waals surface area contributed by atoms with Gasteiger partial charge in [-0.25, -0.2) is 0 Å². The molecule has 1 aromatic heterocycles. The molecule has 3 heteroatoms. The van der Waals surface area contributed by atoms with Crippen LogP contribution in [0.3, 0.4) is 0 Å². The van der Waals surface area contributed by atoms with Crippen LogP contribution in [-0.2, 0) is 0 Å². The number of para-hydroxylation sites is 1. The van der Waals surface area contributed by atoms with Gasteiger partial charge in [0.1, 0.15) is 5.75 Å². The van der Waals surface area contributed by atoms with Gasteiger partial charge in [-0.3, -0.25) is 0 Å². The first kappa shape index (κ1) is 15.3. The lowest BCUT2D eigenvalue weighted by atomic mass is 10.1. The summed E-state index contributed by atoms with van der Waals surface area (Å²) >= 11 is 0. The Kier molecular flexibility index (Phi) is 3.90. The molecule has 25 heavy (non-hydrogen) atoms. The Morgan fingerprint density at radius 2 is 1.48 bits per heavy atom. The number of aromatic amines is 1. The van der Waals surface area contributed by atoms with Crippen LogP contribution >= 0.6 is 0 Å². The van der Waals surface area contributed by atoms with E-state index in [0.717, 1.165) is 22.6 Å². The number of nitrogens with one attached hydrogen (secondary N) is 1. The van der Waals surface area contributed by atoms with E-state index in [1.165, 1.54) is 16.6 Å². The maximum atomic E-state index is 5.28. The number of H-pyrrole nitrogens is 1. The van der Waals surface area contributed by atoms with Gasteiger partial charge >= 0.3 is 0 Å². The van der Waals surface area contributed by atoms with Gasteiger partial charge in [0, 0.05) is 29.2 Å². The van der Waals surface area contributed by atoms with Crippen LogP contribution in [0.25, 0.3) is 22.2 Å². The molecule has 0 atom stereocenters. The minimum Gasteiger partial charge on any atom is -0.497 e. The average Bonchev–Trinajstić information content (AvgIpc) is 3.08. The smallest absolute Gasteiger partial charge is 0.119 e. The molecule has 0 saturated heterocycles. The van der Waals surface area contributed by atoms with Gasteiger partial charge in [0.2, 0.25) is 0 Å². The SMILES string of the molecule is COc1ccc(N(C)c2c(-c3ccccc3)[nH]c3ccccc23)cc1. The summed E-state index contributed by atoms with van der Waals surface area (Å²) < 4.78 is 5.28. The highest BCUT2D eigenvalue weighted by Gasteiger charge is 2.17. The van der Waals surface area contributed by atoms with Crippen molar-refractivity contribution in [1.29, 1.82) is 0 Å². The third-order valence-corrected chi connectivity index (χ3v) is 4.54. The van der Waals surface area contributed by atoms with Crippen LogP contribution < -0.4 is 9.64 Å². The van der Waals surface area contributed by atoms with Gasteiger partial charge in [0.05, 0.1) is 18.5 Å². The van der Waals surface area contributed by atoms with Gasteiger partial charge in [0.15, 0.2) is 0 Å². The Bertz CT molecular complexity index is 988. The molecule has 0 unspecified atom stereocenters. The minimum atomic E-state index is 0.861. The molecule has 1 N–H and O–H groups in total. The molecular weight excluding hydrogens is 308 g/mol. The summed E-state index contributed by atoms with van der Waals surface area (Å²) in [5, 5.41) is 1.21. The van der Waals surface area contributed by atoms with E-state index in [1.807, 2.05) is 18.2 Å². The Morgan fingerprint density at radius 1 is 0.800 bits per heavy atom. The van der Waals surface area contributed by atoms with E-state index in [1.54, 1.807) is 7.11 Å². The Morgan fingerprint density at radius 3 is 2.20 bits per heavy atom. The predicted molar refractivity (Wildman–Crippen MR) is 105 cm³/mol. The first-order valence-electron chi connectivity index (χ1n) is 8.32. The van der Waals surface area contributed by atoms with Crippen LogP contribution in [-0.4, -0.2) is 19.1 Å². The van der Waals surface area contributed by atoms with Gasteiger partial charge in [0.25, 0.3) is 0 Å². The van der Waals surface area contributed by atoms with Crippen molar-refractivity contribution in [3.63, 3.8) is 0 Å². The fraction of sp³-hybridized carbons (Fsp3) is 0.0909. The Hall–Kier alpha value is -3.20. The highest BCUT2D eigenvalue weighted by Crippen LogP contribution is 2.40. The topological polar surface area (TPSA) is 28.3 Å². The minimum absolute atomic E-state index is 0.861. The van der Waals surface area contributed by atoms with E-state index in [-0.39, 0.29) is 0 Å². The normalized spacial score (nSPS) is 10.8. The zero-order valence-corrected chi connectivity index (χ0v) is 14.4. The summed E-state index contributed by atoms with van der Waals surface area (Å²) in [5.41, 5.74) is 5.72. The third-order valence-electron chi connectivity index (χ3n) is 4.54. The molecule has 0 aliphatic heterocycles. The van der Waals surface area contributed by atoms with E-state index in [2.05, 4.69) is 77.6 Å². The summed E-state index contributed by atoms with van der Waals surface area (Å²) in [6, 6.07) is 27.0. The van der Waals surface area contributed by atoms with Crippen molar-refractivity contribution in [2.75, 3.05) is 19.1 Å². The predicted octanol–water partition coefficient (Wildman–Crippen LogP) is 5.61. The summed E-state index contributed by atoms with van der Waals surface area (Å²) in [6.45, 7) is 0. The molecule has 0 fully saturated rings. The van der Waals surface area contributed by atoms with Gasteiger partial charge in [-0.2, -0.15) is 0 Å². The number of hydrogen-bond acceptors (Lipinski definition) is 2. The van der Waals surface area contributed by atoms with Crippen molar-refractivity contribution in [3.8, 4) is 17.0 Å². The molecule has 0 spiro atoms. The lowest BCUT2D eigenvalue weighted by molar-refractivity contribution is 0.415. The molecular formula is C22H20N2O. The molecule has 0 saturated carbocycles. The monoisotopic (exact) mass is 328 g/mol. The molecule has 4 rings (SSSR count). The van der Waals surface area contributed by atoms with Crippen LogP contribution in [0.2, 0.25) is 0 Å². The largest absolute Gasteiger partial charge is 0.497 e. The summed E-state index contributed by atoms with van der Waals surface area (Å²) in [6.07, 6.45) is 0. The van der Waals surface area contributed by atoms with Crippen molar-refractivity contribution < 1.29 is 4.74 Å². The molecule has 0 bridgehead atoms. The molecule has 3 nitrogen and oxygen atoms in total. The quantitative estimate of drug-likeness (QED) is 0.527. The number of fused-ring (bicyclic) bond motifs is 1. The van der Waals surface area contributed by atoms with Crippen LogP contribution in [0.5, 0.6) is 5.75 Å². The van der Waals surface area contributed by atoms with E-state index >= 15 is 0 Å². The standard InChI is InChI=1S/C22H20N2O/c1-24(17-12-14-18(25-2)15-13-17)22-19-10-6-7-11-20(19)23-21(22)16-8-4-3-5-9-16/h3-15,23H,1-2H3. The number of rotatable bonds is 4. The molecule has 0 aliphatic rings. The molecule has 0 radical (unpaired) electrons. The van der Waals surface area contributed by atoms with Crippen LogP contribution in [0.15, 0.2) is 78.9 Å². The molecule has 0 aliphatic carbocycles. The number of aromatic nitrogens is 1. The molecule has 1 heterocycles. The first-order valence-corrected chi connectivity index (χ1v) is 8.32. The number of ether oxygens (including phenoxy) is 1. The van der Waals surface area contributed by atoms with Crippen molar-refractivity contribution in [1.82, 2.24) is 4.98 Å².